The summed E-state index contributed by atoms with van der Waals surface area (Å²) in [5.41, 5.74) is 3.46. The Morgan fingerprint density at radius 2 is 1.80 bits per heavy atom. The van der Waals surface area contributed by atoms with E-state index < -0.39 is 0 Å². The first-order valence-electron chi connectivity index (χ1n) is 8.21. The molecule has 0 fully saturated rings. The van der Waals surface area contributed by atoms with Crippen molar-refractivity contribution in [3.8, 4) is 5.75 Å². The summed E-state index contributed by atoms with van der Waals surface area (Å²) in [5, 5.41) is 7.09. The molecule has 5 rings (SSSR count). The van der Waals surface area contributed by atoms with E-state index in [1.165, 1.54) is 10.4 Å². The number of halogens is 1. The summed E-state index contributed by atoms with van der Waals surface area (Å²) in [4.78, 5) is 1.21. The van der Waals surface area contributed by atoms with Crippen molar-refractivity contribution in [1.82, 2.24) is 5.01 Å². The van der Waals surface area contributed by atoms with Crippen molar-refractivity contribution < 1.29 is 4.74 Å². The highest BCUT2D eigenvalue weighted by Crippen LogP contribution is 2.47. The van der Waals surface area contributed by atoms with Crippen LogP contribution in [-0.4, -0.2) is 10.7 Å². The first-order chi connectivity index (χ1) is 12.3. The topological polar surface area (TPSA) is 24.8 Å². The lowest BCUT2D eigenvalue weighted by Gasteiger charge is -2.38. The Balaban J connectivity index is 1.60. The van der Waals surface area contributed by atoms with Crippen LogP contribution < -0.4 is 4.74 Å². The Labute approximate surface area is 158 Å². The number of ether oxygens (including phenoxy) is 1. The monoisotopic (exact) mass is 410 g/mol. The molecule has 3 aromatic rings. The zero-order valence-corrected chi connectivity index (χ0v) is 15.7. The van der Waals surface area contributed by atoms with Crippen LogP contribution in [0.4, 0.5) is 0 Å². The molecule has 0 bridgehead atoms. The van der Waals surface area contributed by atoms with Gasteiger partial charge in [0.2, 0.25) is 6.23 Å². The third-order valence-electron chi connectivity index (χ3n) is 4.64. The maximum atomic E-state index is 6.33. The van der Waals surface area contributed by atoms with E-state index in [4.69, 9.17) is 9.84 Å². The molecular formula is C20H15BrN2OS. The Morgan fingerprint density at radius 3 is 2.60 bits per heavy atom. The molecule has 0 N–H and O–H groups in total. The summed E-state index contributed by atoms with van der Waals surface area (Å²) in [7, 11) is 0. The molecule has 2 atom stereocenters. The Morgan fingerprint density at radius 1 is 1.00 bits per heavy atom. The van der Waals surface area contributed by atoms with Gasteiger partial charge in [0, 0.05) is 17.5 Å². The Kier molecular flexibility index (Phi) is 3.64. The first-order valence-corrected chi connectivity index (χ1v) is 9.82. The van der Waals surface area contributed by atoms with Gasteiger partial charge >= 0.3 is 0 Å². The number of benzene rings is 2. The molecule has 2 aromatic carbocycles. The van der Waals surface area contributed by atoms with E-state index in [-0.39, 0.29) is 12.3 Å². The minimum Gasteiger partial charge on any atom is -0.464 e. The van der Waals surface area contributed by atoms with Crippen LogP contribution in [0.25, 0.3) is 0 Å². The largest absolute Gasteiger partial charge is 0.464 e. The maximum Gasteiger partial charge on any atom is 0.213 e. The van der Waals surface area contributed by atoms with Crippen LogP contribution in [0.2, 0.25) is 0 Å². The van der Waals surface area contributed by atoms with Crippen LogP contribution >= 0.6 is 27.3 Å². The fraction of sp³-hybridized carbons (Fsp3) is 0.150. The molecule has 1 aromatic heterocycles. The molecule has 25 heavy (non-hydrogen) atoms. The molecule has 2 aliphatic rings. The average molecular weight is 411 g/mol. The molecule has 0 saturated heterocycles. The summed E-state index contributed by atoms with van der Waals surface area (Å²) < 4.78 is 7.47. The van der Waals surface area contributed by atoms with Gasteiger partial charge in [-0.1, -0.05) is 48.5 Å². The number of hydrogen-bond acceptors (Lipinski definition) is 4. The molecule has 2 aliphatic heterocycles. The summed E-state index contributed by atoms with van der Waals surface area (Å²) in [5.74, 6) is 0.960. The van der Waals surface area contributed by atoms with E-state index in [2.05, 4.69) is 63.4 Å². The van der Waals surface area contributed by atoms with Gasteiger partial charge in [0.1, 0.15) is 5.75 Å². The van der Waals surface area contributed by atoms with Crippen molar-refractivity contribution in [3.63, 3.8) is 0 Å². The Hall–Kier alpha value is -2.11. The highest BCUT2D eigenvalue weighted by Gasteiger charge is 2.40. The number of hydrazone groups is 1. The molecule has 0 saturated carbocycles. The fourth-order valence-electron chi connectivity index (χ4n) is 3.49. The van der Waals surface area contributed by atoms with Crippen molar-refractivity contribution in [3.05, 3.63) is 86.5 Å². The van der Waals surface area contributed by atoms with Gasteiger partial charge in [0.05, 0.1) is 20.4 Å². The quantitative estimate of drug-likeness (QED) is 0.536. The summed E-state index contributed by atoms with van der Waals surface area (Å²) in [6.45, 7) is 0. The van der Waals surface area contributed by atoms with Crippen molar-refractivity contribution in [2.75, 3.05) is 0 Å². The number of nitrogens with zero attached hydrogens (tertiary/aromatic N) is 2. The predicted molar refractivity (Wildman–Crippen MR) is 104 cm³/mol. The minimum absolute atomic E-state index is 0.193. The standard InChI is InChI=1S/C20H15BrN2OS/c21-19-11-10-18(25-19)15-12-16-14-8-4-5-9-17(14)24-20(23(16)22-15)13-6-2-1-3-7-13/h1-11,16,20H,12H2. The van der Waals surface area contributed by atoms with Crippen molar-refractivity contribution in [2.24, 2.45) is 5.10 Å². The predicted octanol–water partition coefficient (Wildman–Crippen LogP) is 5.75. The van der Waals surface area contributed by atoms with E-state index in [1.54, 1.807) is 11.3 Å². The number of thiophene rings is 1. The van der Waals surface area contributed by atoms with E-state index in [0.717, 1.165) is 27.2 Å². The third kappa shape index (κ3) is 2.58. The molecule has 0 aliphatic carbocycles. The van der Waals surface area contributed by atoms with E-state index in [1.807, 2.05) is 24.3 Å². The van der Waals surface area contributed by atoms with Crippen molar-refractivity contribution in [2.45, 2.75) is 18.7 Å². The smallest absolute Gasteiger partial charge is 0.213 e. The summed E-state index contributed by atoms with van der Waals surface area (Å²) >= 11 is 5.28. The van der Waals surface area contributed by atoms with Crippen LogP contribution in [0.5, 0.6) is 5.75 Å². The van der Waals surface area contributed by atoms with Gasteiger partial charge in [-0.15, -0.1) is 11.3 Å². The second-order valence-electron chi connectivity index (χ2n) is 6.17. The fourth-order valence-corrected chi connectivity index (χ4v) is 4.87. The van der Waals surface area contributed by atoms with Crippen LogP contribution in [-0.2, 0) is 0 Å². The lowest BCUT2D eigenvalue weighted by atomic mass is 9.98. The highest BCUT2D eigenvalue weighted by molar-refractivity contribution is 9.11. The second-order valence-corrected chi connectivity index (χ2v) is 8.63. The first kappa shape index (κ1) is 15.2. The number of para-hydroxylation sites is 1. The zero-order valence-electron chi connectivity index (χ0n) is 13.3. The van der Waals surface area contributed by atoms with E-state index >= 15 is 0 Å². The normalized spacial score (nSPS) is 21.3. The van der Waals surface area contributed by atoms with Crippen LogP contribution in [0.1, 0.15) is 34.7 Å². The van der Waals surface area contributed by atoms with Gasteiger partial charge < -0.3 is 4.74 Å². The van der Waals surface area contributed by atoms with Crippen molar-refractivity contribution in [1.29, 1.82) is 0 Å². The molecule has 3 heterocycles. The van der Waals surface area contributed by atoms with Gasteiger partial charge in [-0.05, 0) is 34.1 Å². The Bertz CT molecular complexity index is 953. The van der Waals surface area contributed by atoms with Crippen LogP contribution in [0, 0.1) is 0 Å². The van der Waals surface area contributed by atoms with Crippen LogP contribution in [0.15, 0.2) is 75.6 Å². The lowest BCUT2D eigenvalue weighted by Crippen LogP contribution is -2.33. The van der Waals surface area contributed by atoms with Gasteiger partial charge in [0.15, 0.2) is 0 Å². The SMILES string of the molecule is Brc1ccc(C2=NN3C(C2)c2ccccc2OC3c2ccccc2)s1. The molecule has 0 amide bonds. The maximum absolute atomic E-state index is 6.33. The third-order valence-corrected chi connectivity index (χ3v) is 6.31. The molecule has 124 valence electrons. The lowest BCUT2D eigenvalue weighted by molar-refractivity contribution is -0.0190. The molecule has 3 nitrogen and oxygen atoms in total. The van der Waals surface area contributed by atoms with E-state index in [0.29, 0.717) is 0 Å². The summed E-state index contributed by atoms with van der Waals surface area (Å²) in [6, 6.07) is 23.1. The molecule has 0 spiro atoms. The number of rotatable bonds is 2. The highest BCUT2D eigenvalue weighted by atomic mass is 79.9. The zero-order chi connectivity index (χ0) is 16.8. The van der Waals surface area contributed by atoms with E-state index in [9.17, 15) is 0 Å². The molecule has 5 heteroatoms. The van der Waals surface area contributed by atoms with Gasteiger partial charge in [-0.3, -0.25) is 0 Å². The minimum atomic E-state index is -0.193. The van der Waals surface area contributed by atoms with Gasteiger partial charge in [-0.25, -0.2) is 5.01 Å². The van der Waals surface area contributed by atoms with Crippen LogP contribution in [0.3, 0.4) is 0 Å². The number of hydrogen-bond donors (Lipinski definition) is 0. The average Bonchev–Trinajstić information content (AvgIpc) is 3.28. The van der Waals surface area contributed by atoms with Gasteiger partial charge in [0.25, 0.3) is 0 Å². The van der Waals surface area contributed by atoms with Crippen molar-refractivity contribution >= 4 is 33.0 Å². The van der Waals surface area contributed by atoms with Gasteiger partial charge in [-0.2, -0.15) is 5.10 Å². The second kappa shape index (κ2) is 6.00. The summed E-state index contributed by atoms with van der Waals surface area (Å²) in [6.07, 6.45) is 0.707. The number of fused-ring (bicyclic) bond motifs is 3. The molecule has 2 unspecified atom stereocenters. The molecular weight excluding hydrogens is 396 g/mol. The molecule has 0 radical (unpaired) electrons.